The Bertz CT molecular complexity index is 439. The van der Waals surface area contributed by atoms with Crippen molar-refractivity contribution in [1.82, 2.24) is 0 Å². The predicted molar refractivity (Wildman–Crippen MR) is 69.1 cm³/mol. The van der Waals surface area contributed by atoms with Crippen LogP contribution >= 0.6 is 0 Å². The van der Waals surface area contributed by atoms with E-state index in [0.717, 1.165) is 5.69 Å². The van der Waals surface area contributed by atoms with Crippen LogP contribution in [0.3, 0.4) is 0 Å². The first-order valence-electron chi connectivity index (χ1n) is 5.58. The first kappa shape index (κ1) is 14.0. The molecule has 0 aliphatic carbocycles. The summed E-state index contributed by atoms with van der Waals surface area (Å²) in [6.45, 7) is 4.25. The summed E-state index contributed by atoms with van der Waals surface area (Å²) < 4.78 is 28.2. The number of sulfone groups is 1. The number of hydrogen-bond acceptors (Lipinski definition) is 4. The number of nitrogens with one attached hydrogen (secondary N) is 1. The van der Waals surface area contributed by atoms with Crippen LogP contribution in [0.4, 0.5) is 5.69 Å². The van der Waals surface area contributed by atoms with Gasteiger partial charge >= 0.3 is 0 Å². The van der Waals surface area contributed by atoms with Gasteiger partial charge in [0.15, 0.2) is 9.84 Å². The molecule has 1 rings (SSSR count). The molecule has 0 aliphatic rings. The molecule has 4 nitrogen and oxygen atoms in total. The van der Waals surface area contributed by atoms with Crippen molar-refractivity contribution in [3.8, 4) is 0 Å². The Morgan fingerprint density at radius 1 is 1.29 bits per heavy atom. The highest BCUT2D eigenvalue weighted by Crippen LogP contribution is 2.15. The number of methoxy groups -OCH3 is 1. The lowest BCUT2D eigenvalue weighted by molar-refractivity contribution is 0.190. The van der Waals surface area contributed by atoms with E-state index in [1.165, 1.54) is 0 Å². The van der Waals surface area contributed by atoms with Crippen molar-refractivity contribution >= 4 is 15.5 Å². The highest BCUT2D eigenvalue weighted by molar-refractivity contribution is 7.91. The molecule has 5 heteroatoms. The molecule has 1 aromatic carbocycles. The maximum Gasteiger partial charge on any atom is 0.178 e. The minimum absolute atomic E-state index is 0.125. The molecule has 1 atom stereocenters. The van der Waals surface area contributed by atoms with Gasteiger partial charge in [0.2, 0.25) is 0 Å². The zero-order chi connectivity index (χ0) is 12.9. The SMILES string of the molecule is CCS(=O)(=O)c1ccc(NC(C)COC)cc1. The van der Waals surface area contributed by atoms with Gasteiger partial charge in [0.25, 0.3) is 0 Å². The molecule has 0 heterocycles. The molecule has 17 heavy (non-hydrogen) atoms. The molecule has 0 spiro atoms. The fourth-order valence-electron chi connectivity index (χ4n) is 1.50. The molecule has 0 saturated carbocycles. The van der Waals surface area contributed by atoms with Crippen molar-refractivity contribution in [1.29, 1.82) is 0 Å². The first-order chi connectivity index (χ1) is 7.99. The first-order valence-corrected chi connectivity index (χ1v) is 7.23. The third-order valence-corrected chi connectivity index (χ3v) is 4.17. The second kappa shape index (κ2) is 6.02. The molecular formula is C12H19NO3S. The second-order valence-corrected chi connectivity index (χ2v) is 6.21. The Balaban J connectivity index is 2.75. The molecule has 0 aromatic heterocycles. The fraction of sp³-hybridized carbons (Fsp3) is 0.500. The molecule has 1 aromatic rings. The van der Waals surface area contributed by atoms with E-state index in [1.54, 1.807) is 38.3 Å². The largest absolute Gasteiger partial charge is 0.383 e. The van der Waals surface area contributed by atoms with Gasteiger partial charge in [-0.25, -0.2) is 8.42 Å². The lowest BCUT2D eigenvalue weighted by atomic mass is 10.3. The second-order valence-electron chi connectivity index (χ2n) is 3.93. The Morgan fingerprint density at radius 2 is 1.88 bits per heavy atom. The molecule has 0 radical (unpaired) electrons. The quantitative estimate of drug-likeness (QED) is 0.846. The summed E-state index contributed by atoms with van der Waals surface area (Å²) in [6, 6.07) is 6.98. The van der Waals surface area contributed by atoms with Gasteiger partial charge in [-0.1, -0.05) is 6.92 Å². The average Bonchev–Trinajstić information content (AvgIpc) is 2.30. The van der Waals surface area contributed by atoms with Crippen molar-refractivity contribution in [2.24, 2.45) is 0 Å². The summed E-state index contributed by atoms with van der Waals surface area (Å²) in [7, 11) is -1.46. The summed E-state index contributed by atoms with van der Waals surface area (Å²) in [5, 5.41) is 3.22. The van der Waals surface area contributed by atoms with Crippen LogP contribution in [-0.2, 0) is 14.6 Å². The minimum atomic E-state index is -3.11. The maximum absolute atomic E-state index is 11.6. The molecule has 1 unspecified atom stereocenters. The van der Waals surface area contributed by atoms with E-state index >= 15 is 0 Å². The van der Waals surface area contributed by atoms with E-state index < -0.39 is 9.84 Å². The van der Waals surface area contributed by atoms with Gasteiger partial charge in [-0.05, 0) is 31.2 Å². The van der Waals surface area contributed by atoms with Gasteiger partial charge in [-0.15, -0.1) is 0 Å². The van der Waals surface area contributed by atoms with Crippen LogP contribution in [-0.4, -0.2) is 33.9 Å². The minimum Gasteiger partial charge on any atom is -0.383 e. The molecular weight excluding hydrogens is 238 g/mol. The predicted octanol–water partition coefficient (Wildman–Crippen LogP) is 1.93. The third-order valence-electron chi connectivity index (χ3n) is 2.42. The van der Waals surface area contributed by atoms with Crippen LogP contribution in [0.15, 0.2) is 29.2 Å². The van der Waals surface area contributed by atoms with Gasteiger partial charge in [0, 0.05) is 18.8 Å². The van der Waals surface area contributed by atoms with Gasteiger partial charge in [-0.2, -0.15) is 0 Å². The van der Waals surface area contributed by atoms with Crippen LogP contribution in [0, 0.1) is 0 Å². The molecule has 0 saturated heterocycles. The summed E-state index contributed by atoms with van der Waals surface area (Å²) >= 11 is 0. The molecule has 0 fully saturated rings. The van der Waals surface area contributed by atoms with E-state index in [-0.39, 0.29) is 11.8 Å². The Morgan fingerprint density at radius 3 is 2.35 bits per heavy atom. The monoisotopic (exact) mass is 257 g/mol. The Kier molecular flexibility index (Phi) is 4.96. The Labute approximate surface area is 103 Å². The normalized spacial score (nSPS) is 13.4. The molecule has 0 amide bonds. The summed E-state index contributed by atoms with van der Waals surface area (Å²) in [5.41, 5.74) is 0.893. The molecule has 0 bridgehead atoms. The van der Waals surface area contributed by atoms with Crippen molar-refractivity contribution in [2.45, 2.75) is 24.8 Å². The van der Waals surface area contributed by atoms with Crippen LogP contribution < -0.4 is 5.32 Å². The third kappa shape index (κ3) is 4.02. The van der Waals surface area contributed by atoms with E-state index in [0.29, 0.717) is 11.5 Å². The van der Waals surface area contributed by atoms with Gasteiger partial charge in [-0.3, -0.25) is 0 Å². The number of ether oxygens (including phenoxy) is 1. The van der Waals surface area contributed by atoms with Crippen molar-refractivity contribution in [3.63, 3.8) is 0 Å². The zero-order valence-electron chi connectivity index (χ0n) is 10.4. The van der Waals surface area contributed by atoms with E-state index in [9.17, 15) is 8.42 Å². The number of benzene rings is 1. The van der Waals surface area contributed by atoms with Crippen LogP contribution in [0.1, 0.15) is 13.8 Å². The van der Waals surface area contributed by atoms with Gasteiger partial charge < -0.3 is 10.1 Å². The van der Waals surface area contributed by atoms with Gasteiger partial charge in [0.1, 0.15) is 0 Å². The number of rotatable bonds is 6. The zero-order valence-corrected chi connectivity index (χ0v) is 11.3. The lowest BCUT2D eigenvalue weighted by Crippen LogP contribution is -2.20. The van der Waals surface area contributed by atoms with Crippen molar-refractivity contribution < 1.29 is 13.2 Å². The summed E-state index contributed by atoms with van der Waals surface area (Å²) in [5.74, 6) is 0.125. The van der Waals surface area contributed by atoms with Crippen molar-refractivity contribution in [2.75, 3.05) is 24.8 Å². The smallest absolute Gasteiger partial charge is 0.178 e. The lowest BCUT2D eigenvalue weighted by Gasteiger charge is -2.14. The summed E-state index contributed by atoms with van der Waals surface area (Å²) in [6.07, 6.45) is 0. The van der Waals surface area contributed by atoms with Crippen LogP contribution in [0.5, 0.6) is 0 Å². The molecule has 0 aliphatic heterocycles. The fourth-order valence-corrected chi connectivity index (χ4v) is 2.39. The summed E-state index contributed by atoms with van der Waals surface area (Å²) in [4.78, 5) is 0.366. The molecule has 96 valence electrons. The highest BCUT2D eigenvalue weighted by atomic mass is 32.2. The molecule has 1 N–H and O–H groups in total. The van der Waals surface area contributed by atoms with E-state index in [1.807, 2.05) is 6.92 Å². The van der Waals surface area contributed by atoms with Crippen LogP contribution in [0.2, 0.25) is 0 Å². The Hall–Kier alpha value is -1.07. The maximum atomic E-state index is 11.6. The number of anilines is 1. The highest BCUT2D eigenvalue weighted by Gasteiger charge is 2.10. The van der Waals surface area contributed by atoms with Gasteiger partial charge in [0.05, 0.1) is 17.3 Å². The number of hydrogen-bond donors (Lipinski definition) is 1. The average molecular weight is 257 g/mol. The van der Waals surface area contributed by atoms with Crippen LogP contribution in [0.25, 0.3) is 0 Å². The topological polar surface area (TPSA) is 55.4 Å². The van der Waals surface area contributed by atoms with E-state index in [2.05, 4.69) is 5.32 Å². The van der Waals surface area contributed by atoms with Crippen molar-refractivity contribution in [3.05, 3.63) is 24.3 Å². The van der Waals surface area contributed by atoms with E-state index in [4.69, 9.17) is 4.74 Å². The standard InChI is InChI=1S/C12H19NO3S/c1-4-17(14,15)12-7-5-11(6-8-12)13-10(2)9-16-3/h5-8,10,13H,4,9H2,1-3H3.